The van der Waals surface area contributed by atoms with Gasteiger partial charge in [0.05, 0.1) is 28.4 Å². The molecule has 8 atom stereocenters. The van der Waals surface area contributed by atoms with Crippen LogP contribution in [0, 0.1) is 28.6 Å². The highest BCUT2D eigenvalue weighted by Gasteiger charge is 2.68. The number of carbonyl (C=O) groups excluding carboxylic acids is 3. The Kier molecular flexibility index (Phi) is 4.32. The average molecular weight is 416 g/mol. The topological polar surface area (TPSA) is 72.5 Å². The summed E-state index contributed by atoms with van der Waals surface area (Å²) in [5, 5.41) is 1.87. The van der Waals surface area contributed by atoms with Gasteiger partial charge in [-0.1, -0.05) is 20.8 Å². The molecule has 2 saturated heterocycles. The molecule has 0 unspecified atom stereocenters. The quantitative estimate of drug-likeness (QED) is 0.527. The second kappa shape index (κ2) is 5.93. The van der Waals surface area contributed by atoms with Gasteiger partial charge in [-0.2, -0.15) is 0 Å². The molecule has 2 aliphatic heterocycles. The second-order valence-corrected chi connectivity index (χ2v) is 11.0. The SMILES string of the molecule is CC1(C)[C@@H](Cl)[C@H](Cl)C[C@]2(C)[C@H]3C[C@@H]([C@H]4CC(=O)NC4=O)O[C@@]3(C)CC(=O)[C@@H]12. The molecule has 2 amide bonds. The van der Waals surface area contributed by atoms with E-state index in [0.29, 0.717) is 19.3 Å². The average Bonchev–Trinajstić information content (AvgIpc) is 3.04. The molecule has 150 valence electrons. The zero-order chi connectivity index (χ0) is 19.9. The Morgan fingerprint density at radius 3 is 2.37 bits per heavy atom. The summed E-state index contributed by atoms with van der Waals surface area (Å²) in [4.78, 5) is 37.1. The molecule has 2 heterocycles. The van der Waals surface area contributed by atoms with E-state index in [1.54, 1.807) is 0 Å². The molecular weight excluding hydrogens is 389 g/mol. The van der Waals surface area contributed by atoms with Crippen molar-refractivity contribution in [2.45, 2.75) is 75.8 Å². The lowest BCUT2D eigenvalue weighted by atomic mass is 9.45. The Morgan fingerprint density at radius 1 is 1.11 bits per heavy atom. The highest BCUT2D eigenvalue weighted by Crippen LogP contribution is 2.66. The Bertz CT molecular complexity index is 725. The molecule has 7 heteroatoms. The Balaban J connectivity index is 1.71. The van der Waals surface area contributed by atoms with Crippen molar-refractivity contribution in [2.75, 3.05) is 0 Å². The van der Waals surface area contributed by atoms with Crippen LogP contribution in [-0.2, 0) is 19.1 Å². The number of halogens is 2. The minimum atomic E-state index is -0.634. The van der Waals surface area contributed by atoms with E-state index in [0.717, 1.165) is 0 Å². The van der Waals surface area contributed by atoms with Crippen molar-refractivity contribution in [2.24, 2.45) is 28.6 Å². The molecule has 2 aliphatic carbocycles. The summed E-state index contributed by atoms with van der Waals surface area (Å²) in [7, 11) is 0. The molecule has 5 nitrogen and oxygen atoms in total. The molecule has 4 aliphatic rings. The molecule has 0 aromatic rings. The summed E-state index contributed by atoms with van der Waals surface area (Å²) in [6.45, 7) is 8.20. The monoisotopic (exact) mass is 415 g/mol. The van der Waals surface area contributed by atoms with Gasteiger partial charge >= 0.3 is 0 Å². The van der Waals surface area contributed by atoms with E-state index in [2.05, 4.69) is 12.2 Å². The van der Waals surface area contributed by atoms with Gasteiger partial charge in [-0.15, -0.1) is 23.2 Å². The third kappa shape index (κ3) is 2.64. The number of Topliss-reactive ketones (excluding diaryl/α,β-unsaturated/α-hetero) is 1. The number of hydrogen-bond acceptors (Lipinski definition) is 4. The molecule has 4 rings (SSSR count). The van der Waals surface area contributed by atoms with Gasteiger partial charge in [0.15, 0.2) is 0 Å². The first-order chi connectivity index (χ1) is 12.4. The third-order valence-corrected chi connectivity index (χ3v) is 9.19. The van der Waals surface area contributed by atoms with E-state index >= 15 is 0 Å². The summed E-state index contributed by atoms with van der Waals surface area (Å²) in [5.74, 6) is -0.921. The van der Waals surface area contributed by atoms with Crippen molar-refractivity contribution in [3.63, 3.8) is 0 Å². The van der Waals surface area contributed by atoms with Gasteiger partial charge in [0.2, 0.25) is 11.8 Å². The van der Waals surface area contributed by atoms with Crippen LogP contribution in [0.3, 0.4) is 0 Å². The minimum absolute atomic E-state index is 0.0888. The Hall–Kier alpha value is -0.650. The molecule has 2 saturated carbocycles. The first-order valence-corrected chi connectivity index (χ1v) is 10.6. The predicted molar refractivity (Wildman–Crippen MR) is 102 cm³/mol. The number of hydrogen-bond donors (Lipinski definition) is 1. The summed E-state index contributed by atoms with van der Waals surface area (Å²) in [5.41, 5.74) is -1.40. The minimum Gasteiger partial charge on any atom is -0.370 e. The second-order valence-electron chi connectivity index (χ2n) is 10.0. The van der Waals surface area contributed by atoms with E-state index in [-0.39, 0.29) is 58.1 Å². The highest BCUT2D eigenvalue weighted by molar-refractivity contribution is 6.30. The van der Waals surface area contributed by atoms with Crippen molar-refractivity contribution in [1.29, 1.82) is 0 Å². The first kappa shape index (κ1) is 19.7. The van der Waals surface area contributed by atoms with Crippen molar-refractivity contribution in [1.82, 2.24) is 5.32 Å². The van der Waals surface area contributed by atoms with E-state index in [9.17, 15) is 14.4 Å². The van der Waals surface area contributed by atoms with Gasteiger partial charge in [0, 0.05) is 18.8 Å². The Labute approximate surface area is 169 Å². The predicted octanol–water partition coefficient (Wildman–Crippen LogP) is 3.05. The summed E-state index contributed by atoms with van der Waals surface area (Å²) < 4.78 is 6.36. The summed E-state index contributed by atoms with van der Waals surface area (Å²) in [6.07, 6.45) is 1.44. The molecule has 0 aromatic carbocycles. The van der Waals surface area contributed by atoms with Crippen LogP contribution >= 0.6 is 23.2 Å². The fourth-order valence-corrected chi connectivity index (χ4v) is 7.77. The fourth-order valence-electron chi connectivity index (χ4n) is 6.90. The van der Waals surface area contributed by atoms with Crippen LogP contribution < -0.4 is 5.32 Å². The standard InChI is InChI=1S/C20H27Cl2NO4/c1-18(2)15-11(24)8-20(4)13(19(15,3)7-10(21)16(18)22)6-12(27-20)9-5-14(25)23-17(9)26/h9-10,12-13,15-16H,5-8H2,1-4H3,(H,23,25,26)/t9-,10-,12+,13-,15+,16+,19-,20+/m1/s1. The zero-order valence-corrected chi connectivity index (χ0v) is 17.7. The van der Waals surface area contributed by atoms with Crippen LogP contribution in [0.2, 0.25) is 0 Å². The smallest absolute Gasteiger partial charge is 0.232 e. The number of alkyl halides is 2. The largest absolute Gasteiger partial charge is 0.370 e. The van der Waals surface area contributed by atoms with E-state index in [1.165, 1.54) is 0 Å². The molecule has 1 N–H and O–H groups in total. The maximum absolute atomic E-state index is 13.3. The lowest BCUT2D eigenvalue weighted by Gasteiger charge is -2.61. The number of carbonyl (C=O) groups is 3. The third-order valence-electron chi connectivity index (χ3n) is 7.79. The maximum atomic E-state index is 13.3. The molecular formula is C20H27Cl2NO4. The first-order valence-electron chi connectivity index (χ1n) is 9.72. The number of rotatable bonds is 1. The van der Waals surface area contributed by atoms with Crippen molar-refractivity contribution in [3.05, 3.63) is 0 Å². The molecule has 0 bridgehead atoms. The van der Waals surface area contributed by atoms with E-state index < -0.39 is 16.9 Å². The van der Waals surface area contributed by atoms with Crippen LogP contribution in [0.25, 0.3) is 0 Å². The van der Waals surface area contributed by atoms with Gasteiger partial charge in [-0.25, -0.2) is 0 Å². The van der Waals surface area contributed by atoms with Crippen molar-refractivity contribution >= 4 is 40.8 Å². The van der Waals surface area contributed by atoms with Gasteiger partial charge in [0.1, 0.15) is 5.78 Å². The Morgan fingerprint density at radius 2 is 1.78 bits per heavy atom. The molecule has 0 radical (unpaired) electrons. The van der Waals surface area contributed by atoms with Crippen LogP contribution in [0.4, 0.5) is 0 Å². The van der Waals surface area contributed by atoms with Crippen LogP contribution in [0.5, 0.6) is 0 Å². The lowest BCUT2D eigenvalue weighted by molar-refractivity contribution is -0.173. The zero-order valence-electron chi connectivity index (χ0n) is 16.2. The maximum Gasteiger partial charge on any atom is 0.232 e. The normalized spacial score (nSPS) is 51.7. The van der Waals surface area contributed by atoms with Crippen LogP contribution in [0.1, 0.15) is 53.4 Å². The lowest BCUT2D eigenvalue weighted by Crippen LogP contribution is -2.64. The number of fused-ring (bicyclic) bond motifs is 3. The number of ketones is 1. The van der Waals surface area contributed by atoms with Gasteiger partial charge in [-0.3, -0.25) is 19.7 Å². The number of nitrogens with one attached hydrogen (secondary N) is 1. The van der Waals surface area contributed by atoms with Crippen LogP contribution in [-0.4, -0.2) is 40.1 Å². The van der Waals surface area contributed by atoms with Gasteiger partial charge in [0.25, 0.3) is 0 Å². The fraction of sp³-hybridized carbons (Fsp3) is 0.850. The summed E-state index contributed by atoms with van der Waals surface area (Å²) >= 11 is 13.3. The summed E-state index contributed by atoms with van der Waals surface area (Å²) in [6, 6.07) is 0. The number of imide groups is 1. The van der Waals surface area contributed by atoms with Crippen molar-refractivity contribution in [3.8, 4) is 0 Å². The molecule has 0 spiro atoms. The molecule has 4 fully saturated rings. The van der Waals surface area contributed by atoms with Gasteiger partial charge in [-0.05, 0) is 36.5 Å². The van der Waals surface area contributed by atoms with Gasteiger partial charge < -0.3 is 4.74 Å². The van der Waals surface area contributed by atoms with E-state index in [1.807, 2.05) is 20.8 Å². The number of ether oxygens (including phenoxy) is 1. The highest BCUT2D eigenvalue weighted by atomic mass is 35.5. The van der Waals surface area contributed by atoms with Crippen LogP contribution in [0.15, 0.2) is 0 Å². The molecule has 27 heavy (non-hydrogen) atoms. The number of amides is 2. The van der Waals surface area contributed by atoms with E-state index in [4.69, 9.17) is 27.9 Å². The molecule has 0 aromatic heterocycles. The van der Waals surface area contributed by atoms with Crippen molar-refractivity contribution < 1.29 is 19.1 Å².